The second-order valence-electron chi connectivity index (χ2n) is 3.73. The van der Waals surface area contributed by atoms with Crippen molar-refractivity contribution in [3.05, 3.63) is 36.4 Å². The van der Waals surface area contributed by atoms with Crippen LogP contribution in [0.25, 0.3) is 0 Å². The van der Waals surface area contributed by atoms with Crippen LogP contribution in [0.15, 0.2) is 46.2 Å². The lowest BCUT2D eigenvalue weighted by molar-refractivity contribution is 0.389. The third kappa shape index (κ3) is 1.79. The summed E-state index contributed by atoms with van der Waals surface area (Å²) in [6.07, 6.45) is 0. The van der Waals surface area contributed by atoms with Crippen molar-refractivity contribution in [2.45, 2.75) is 9.79 Å². The summed E-state index contributed by atoms with van der Waals surface area (Å²) < 4.78 is 0. The van der Waals surface area contributed by atoms with Gasteiger partial charge in [-0.05, 0) is 36.4 Å². The zero-order valence-corrected chi connectivity index (χ0v) is 9.58. The topological polar surface area (TPSA) is 64.5 Å². The Morgan fingerprint density at radius 2 is 1.71 bits per heavy atom. The molecule has 2 aromatic carbocycles. The van der Waals surface area contributed by atoms with Gasteiger partial charge in [0.25, 0.3) is 0 Å². The van der Waals surface area contributed by atoms with Crippen molar-refractivity contribution in [3.63, 3.8) is 0 Å². The molecule has 0 aliphatic carbocycles. The predicted octanol–water partition coefficient (Wildman–Crippen LogP) is 3.40. The van der Waals surface area contributed by atoms with Crippen molar-refractivity contribution >= 4 is 28.8 Å². The largest absolute Gasteiger partial charge is 0.508 e. The molecule has 0 spiro atoms. The van der Waals surface area contributed by atoms with Gasteiger partial charge in [-0.15, -0.1) is 0 Å². The molecule has 4 N–H and O–H groups in total. The molecule has 0 atom stereocenters. The molecule has 0 saturated carbocycles. The maximum atomic E-state index is 9.44. The fourth-order valence-corrected chi connectivity index (χ4v) is 2.80. The normalized spacial score (nSPS) is 12.3. The lowest BCUT2D eigenvalue weighted by atomic mass is 10.2. The van der Waals surface area contributed by atoms with Gasteiger partial charge in [0.1, 0.15) is 5.75 Å². The van der Waals surface area contributed by atoms with Gasteiger partial charge in [0, 0.05) is 9.79 Å². The smallest absolute Gasteiger partial charge is 0.116 e. The fraction of sp³-hybridized carbons (Fsp3) is 0. The average molecular weight is 246 g/mol. The van der Waals surface area contributed by atoms with Gasteiger partial charge >= 0.3 is 0 Å². The Kier molecular flexibility index (Phi) is 2.35. The van der Waals surface area contributed by atoms with Crippen molar-refractivity contribution in [1.29, 1.82) is 0 Å². The van der Waals surface area contributed by atoms with Gasteiger partial charge in [-0.25, -0.2) is 0 Å². The van der Waals surface area contributed by atoms with E-state index in [1.54, 1.807) is 30.0 Å². The molecule has 0 radical (unpaired) electrons. The Morgan fingerprint density at radius 3 is 2.47 bits per heavy atom. The quantitative estimate of drug-likeness (QED) is 0.391. The number of aromatic hydroxyl groups is 1. The molecule has 0 aromatic heterocycles. The van der Waals surface area contributed by atoms with E-state index in [0.717, 1.165) is 21.2 Å². The zero-order valence-electron chi connectivity index (χ0n) is 8.77. The van der Waals surface area contributed by atoms with E-state index >= 15 is 0 Å². The van der Waals surface area contributed by atoms with Crippen LogP contribution >= 0.6 is 11.8 Å². The van der Waals surface area contributed by atoms with Gasteiger partial charge in [0.2, 0.25) is 0 Å². The van der Waals surface area contributed by atoms with Crippen LogP contribution < -0.4 is 10.8 Å². The Morgan fingerprint density at radius 1 is 1.00 bits per heavy atom. The summed E-state index contributed by atoms with van der Waals surface area (Å²) in [7, 11) is 0. The lowest BCUT2D eigenvalue weighted by Gasteiger charge is -2.21. The minimum absolute atomic E-state index is 0.248. The summed E-state index contributed by atoms with van der Waals surface area (Å²) in [6.45, 7) is 0. The first-order valence-corrected chi connectivity index (χ1v) is 5.90. The highest BCUT2D eigenvalue weighted by molar-refractivity contribution is 7.99. The number of hydrogen-bond donors (Lipinski definition) is 4. The van der Waals surface area contributed by atoms with E-state index in [0.29, 0.717) is 5.69 Å². The van der Waals surface area contributed by atoms with Crippen LogP contribution in [0, 0.1) is 0 Å². The second kappa shape index (κ2) is 3.87. The molecule has 86 valence electrons. The Bertz CT molecular complexity index is 587. The standard InChI is InChI=1S/C12H10N2O2S/c15-8-2-4-10-12(6-8)17-11-5-7(14-16)1-3-9(11)13-10/h1-6,13-16H. The van der Waals surface area contributed by atoms with Crippen LogP contribution in [-0.2, 0) is 0 Å². The molecule has 5 heteroatoms. The molecule has 1 aliphatic heterocycles. The number of phenols is 1. The summed E-state index contributed by atoms with van der Waals surface area (Å²) in [6, 6.07) is 10.8. The molecule has 4 nitrogen and oxygen atoms in total. The number of phenolic OH excluding ortho intramolecular Hbond substituents is 1. The summed E-state index contributed by atoms with van der Waals surface area (Å²) in [5, 5.41) is 21.6. The third-order valence-corrected chi connectivity index (χ3v) is 3.68. The minimum atomic E-state index is 0.248. The van der Waals surface area contributed by atoms with Crippen LogP contribution in [-0.4, -0.2) is 10.3 Å². The van der Waals surface area contributed by atoms with Gasteiger partial charge < -0.3 is 10.4 Å². The van der Waals surface area contributed by atoms with Gasteiger partial charge in [-0.1, -0.05) is 11.8 Å². The van der Waals surface area contributed by atoms with E-state index < -0.39 is 0 Å². The van der Waals surface area contributed by atoms with E-state index in [1.807, 2.05) is 18.2 Å². The van der Waals surface area contributed by atoms with Gasteiger partial charge in [-0.2, -0.15) is 0 Å². The molecule has 1 heterocycles. The minimum Gasteiger partial charge on any atom is -0.508 e. The Balaban J connectivity index is 2.05. The maximum absolute atomic E-state index is 9.44. The average Bonchev–Trinajstić information content (AvgIpc) is 2.35. The Labute approximate surface area is 102 Å². The maximum Gasteiger partial charge on any atom is 0.116 e. The molecule has 0 bridgehead atoms. The SMILES string of the molecule is ONc1ccc2c(c1)Sc1cc(O)ccc1N2. The monoisotopic (exact) mass is 246 g/mol. The zero-order chi connectivity index (χ0) is 11.8. The van der Waals surface area contributed by atoms with Crippen LogP contribution in [0.5, 0.6) is 5.75 Å². The van der Waals surface area contributed by atoms with Crippen LogP contribution in [0.1, 0.15) is 0 Å². The number of nitrogens with one attached hydrogen (secondary N) is 2. The van der Waals surface area contributed by atoms with Gasteiger partial charge in [0.05, 0.1) is 17.1 Å². The molecule has 2 aromatic rings. The third-order valence-electron chi connectivity index (χ3n) is 2.57. The second-order valence-corrected chi connectivity index (χ2v) is 4.81. The summed E-state index contributed by atoms with van der Waals surface area (Å²) >= 11 is 1.55. The molecule has 0 amide bonds. The highest BCUT2D eigenvalue weighted by Gasteiger charge is 2.16. The van der Waals surface area contributed by atoms with Crippen molar-refractivity contribution in [1.82, 2.24) is 0 Å². The molecule has 1 aliphatic rings. The number of fused-ring (bicyclic) bond motifs is 2. The molecular formula is C12H10N2O2S. The van der Waals surface area contributed by atoms with E-state index in [4.69, 9.17) is 5.21 Å². The van der Waals surface area contributed by atoms with Crippen molar-refractivity contribution < 1.29 is 10.3 Å². The molecule has 0 saturated heterocycles. The Hall–Kier alpha value is -1.85. The van der Waals surface area contributed by atoms with E-state index in [2.05, 4.69) is 10.8 Å². The van der Waals surface area contributed by atoms with Gasteiger partial charge in [-0.3, -0.25) is 10.7 Å². The van der Waals surface area contributed by atoms with Crippen LogP contribution in [0.4, 0.5) is 17.1 Å². The summed E-state index contributed by atoms with van der Waals surface area (Å²) in [5.74, 6) is 0.248. The van der Waals surface area contributed by atoms with E-state index in [9.17, 15) is 5.11 Å². The first kappa shape index (κ1) is 10.3. The molecule has 3 rings (SSSR count). The number of rotatable bonds is 1. The molecule has 0 fully saturated rings. The van der Waals surface area contributed by atoms with Crippen molar-refractivity contribution in [2.75, 3.05) is 10.8 Å². The van der Waals surface area contributed by atoms with Crippen molar-refractivity contribution in [2.24, 2.45) is 0 Å². The van der Waals surface area contributed by atoms with E-state index in [1.165, 1.54) is 0 Å². The summed E-state index contributed by atoms with van der Waals surface area (Å²) in [5.41, 5.74) is 4.73. The lowest BCUT2D eigenvalue weighted by Crippen LogP contribution is -2.00. The summed E-state index contributed by atoms with van der Waals surface area (Å²) in [4.78, 5) is 1.97. The predicted molar refractivity (Wildman–Crippen MR) is 67.4 cm³/mol. The van der Waals surface area contributed by atoms with Crippen molar-refractivity contribution in [3.8, 4) is 5.75 Å². The number of hydrogen-bond acceptors (Lipinski definition) is 5. The fourth-order valence-electron chi connectivity index (χ4n) is 1.74. The highest BCUT2D eigenvalue weighted by Crippen LogP contribution is 2.45. The number of benzene rings is 2. The first-order valence-electron chi connectivity index (χ1n) is 5.08. The molecular weight excluding hydrogens is 236 g/mol. The van der Waals surface area contributed by atoms with E-state index in [-0.39, 0.29) is 5.75 Å². The first-order chi connectivity index (χ1) is 8.26. The molecule has 17 heavy (non-hydrogen) atoms. The highest BCUT2D eigenvalue weighted by atomic mass is 32.2. The van der Waals surface area contributed by atoms with Crippen LogP contribution in [0.2, 0.25) is 0 Å². The van der Waals surface area contributed by atoms with Gasteiger partial charge in [0.15, 0.2) is 0 Å². The van der Waals surface area contributed by atoms with Crippen LogP contribution in [0.3, 0.4) is 0 Å². The number of anilines is 3. The molecule has 0 unspecified atom stereocenters.